The lowest BCUT2D eigenvalue weighted by atomic mass is 10.0. The molecule has 0 aliphatic rings. The van der Waals surface area contributed by atoms with Gasteiger partial charge in [0, 0.05) is 11.6 Å². The lowest BCUT2D eigenvalue weighted by molar-refractivity contribution is 0.122. The molecule has 0 spiro atoms. The molecule has 0 radical (unpaired) electrons. The molecule has 0 aromatic carbocycles. The minimum Gasteiger partial charge on any atom is -0.392 e. The number of aliphatic hydroxyl groups excluding tert-OH is 1. The Hall–Kier alpha value is -0.0800. The third kappa shape index (κ3) is 7.03. The van der Waals surface area contributed by atoms with Crippen LogP contribution in [0.2, 0.25) is 0 Å². The third-order valence-corrected chi connectivity index (χ3v) is 2.07. The van der Waals surface area contributed by atoms with E-state index in [0.29, 0.717) is 0 Å². The second kappa shape index (κ2) is 5.61. The molecule has 0 saturated heterocycles. The molecule has 0 aliphatic carbocycles. The lowest BCUT2D eigenvalue weighted by Gasteiger charge is -2.30. The van der Waals surface area contributed by atoms with E-state index in [1.165, 1.54) is 12.8 Å². The molecule has 0 aromatic rings. The van der Waals surface area contributed by atoms with Crippen LogP contribution in [0.25, 0.3) is 0 Å². The zero-order valence-corrected chi connectivity index (χ0v) is 9.72. The van der Waals surface area contributed by atoms with Crippen LogP contribution in [0, 0.1) is 0 Å². The Labute approximate surface area is 82.7 Å². The Morgan fingerprint density at radius 3 is 2.15 bits per heavy atom. The van der Waals surface area contributed by atoms with Crippen LogP contribution in [0.3, 0.4) is 0 Å². The van der Waals surface area contributed by atoms with Gasteiger partial charge in [-0.1, -0.05) is 19.8 Å². The maximum Gasteiger partial charge on any atom is 0.0665 e. The zero-order valence-electron chi connectivity index (χ0n) is 9.72. The second-order valence-corrected chi connectivity index (χ2v) is 4.88. The van der Waals surface area contributed by atoms with E-state index in [2.05, 4.69) is 33.0 Å². The minimum absolute atomic E-state index is 0.0927. The first-order chi connectivity index (χ1) is 5.87. The fourth-order valence-electron chi connectivity index (χ4n) is 1.41. The highest BCUT2D eigenvalue weighted by Gasteiger charge is 2.20. The van der Waals surface area contributed by atoms with Gasteiger partial charge in [0.25, 0.3) is 0 Å². The number of hydrogen-bond acceptors (Lipinski definition) is 2. The number of nitrogens with one attached hydrogen (secondary N) is 1. The smallest absolute Gasteiger partial charge is 0.0665 e. The quantitative estimate of drug-likeness (QED) is 0.692. The molecule has 0 aromatic heterocycles. The molecule has 2 heteroatoms. The Kier molecular flexibility index (Phi) is 5.57. The molecule has 2 atom stereocenters. The highest BCUT2D eigenvalue weighted by atomic mass is 16.3. The fraction of sp³-hybridized carbons (Fsp3) is 1.00. The van der Waals surface area contributed by atoms with Gasteiger partial charge in [-0.05, 0) is 34.1 Å². The Bertz CT molecular complexity index is 127. The average molecular weight is 187 g/mol. The number of aliphatic hydroxyl groups is 1. The Morgan fingerprint density at radius 2 is 1.85 bits per heavy atom. The van der Waals surface area contributed by atoms with Crippen molar-refractivity contribution in [3.8, 4) is 0 Å². The van der Waals surface area contributed by atoms with Crippen LogP contribution in [0.4, 0.5) is 0 Å². The molecule has 0 amide bonds. The molecule has 2 N–H and O–H groups in total. The molecule has 80 valence electrons. The molecule has 0 bridgehead atoms. The van der Waals surface area contributed by atoms with Crippen molar-refractivity contribution in [1.29, 1.82) is 0 Å². The van der Waals surface area contributed by atoms with Crippen LogP contribution in [0.15, 0.2) is 0 Å². The van der Waals surface area contributed by atoms with Gasteiger partial charge in [0.15, 0.2) is 0 Å². The third-order valence-electron chi connectivity index (χ3n) is 2.07. The normalized spacial score (nSPS) is 17.1. The monoisotopic (exact) mass is 187 g/mol. The van der Waals surface area contributed by atoms with Gasteiger partial charge in [0.05, 0.1) is 6.10 Å². The van der Waals surface area contributed by atoms with Crippen molar-refractivity contribution in [1.82, 2.24) is 5.32 Å². The number of hydrogen-bond donors (Lipinski definition) is 2. The van der Waals surface area contributed by atoms with Crippen LogP contribution in [-0.4, -0.2) is 22.8 Å². The van der Waals surface area contributed by atoms with Crippen molar-refractivity contribution < 1.29 is 5.11 Å². The lowest BCUT2D eigenvalue weighted by Crippen LogP contribution is -2.48. The van der Waals surface area contributed by atoms with E-state index < -0.39 is 0 Å². The summed E-state index contributed by atoms with van der Waals surface area (Å²) >= 11 is 0. The van der Waals surface area contributed by atoms with Gasteiger partial charge < -0.3 is 10.4 Å². The Morgan fingerprint density at radius 1 is 1.31 bits per heavy atom. The summed E-state index contributed by atoms with van der Waals surface area (Å²) in [5, 5.41) is 13.0. The minimum atomic E-state index is -0.259. The van der Waals surface area contributed by atoms with E-state index in [-0.39, 0.29) is 17.7 Å². The van der Waals surface area contributed by atoms with E-state index in [9.17, 15) is 5.11 Å². The highest BCUT2D eigenvalue weighted by molar-refractivity contribution is 4.80. The number of unbranched alkanes of at least 4 members (excludes halogenated alkanes) is 1. The maximum atomic E-state index is 9.54. The summed E-state index contributed by atoms with van der Waals surface area (Å²) in [6, 6.07) is 0.236. The summed E-state index contributed by atoms with van der Waals surface area (Å²) in [5.74, 6) is 0. The molecule has 0 aliphatic heterocycles. The first-order valence-corrected chi connectivity index (χ1v) is 5.32. The van der Waals surface area contributed by atoms with Crippen LogP contribution in [0.1, 0.15) is 53.9 Å². The van der Waals surface area contributed by atoms with Gasteiger partial charge in [0.1, 0.15) is 0 Å². The predicted octanol–water partition coefficient (Wildman–Crippen LogP) is 2.31. The maximum absolute atomic E-state index is 9.54. The molecular weight excluding hydrogens is 162 g/mol. The summed E-state index contributed by atoms with van der Waals surface area (Å²) in [7, 11) is 0. The SMILES string of the molecule is CCCC[C@H](NC(C)(C)C)C(C)O. The summed E-state index contributed by atoms with van der Waals surface area (Å²) in [6.07, 6.45) is 3.17. The van der Waals surface area contributed by atoms with Crippen LogP contribution < -0.4 is 5.32 Å². The van der Waals surface area contributed by atoms with Crippen molar-refractivity contribution in [3.63, 3.8) is 0 Å². The zero-order chi connectivity index (χ0) is 10.5. The average Bonchev–Trinajstić information content (AvgIpc) is 1.95. The van der Waals surface area contributed by atoms with E-state index in [1.807, 2.05) is 6.92 Å². The summed E-state index contributed by atoms with van der Waals surface area (Å²) in [6.45, 7) is 10.4. The van der Waals surface area contributed by atoms with Crippen LogP contribution in [0.5, 0.6) is 0 Å². The summed E-state index contributed by atoms with van der Waals surface area (Å²) < 4.78 is 0. The molecule has 13 heavy (non-hydrogen) atoms. The first kappa shape index (κ1) is 12.9. The largest absolute Gasteiger partial charge is 0.392 e. The van der Waals surface area contributed by atoms with Crippen LogP contribution in [-0.2, 0) is 0 Å². The molecular formula is C11H25NO. The Balaban J connectivity index is 3.95. The predicted molar refractivity (Wildman–Crippen MR) is 57.9 cm³/mol. The van der Waals surface area contributed by atoms with E-state index >= 15 is 0 Å². The molecule has 0 heterocycles. The van der Waals surface area contributed by atoms with Crippen molar-refractivity contribution in [2.75, 3.05) is 0 Å². The van der Waals surface area contributed by atoms with Gasteiger partial charge in [-0.25, -0.2) is 0 Å². The van der Waals surface area contributed by atoms with Crippen molar-refractivity contribution in [3.05, 3.63) is 0 Å². The topological polar surface area (TPSA) is 32.3 Å². The van der Waals surface area contributed by atoms with Crippen molar-refractivity contribution in [2.45, 2.75) is 71.6 Å². The highest BCUT2D eigenvalue weighted by Crippen LogP contribution is 2.10. The van der Waals surface area contributed by atoms with E-state index in [4.69, 9.17) is 0 Å². The molecule has 0 saturated carbocycles. The first-order valence-electron chi connectivity index (χ1n) is 5.32. The van der Waals surface area contributed by atoms with Gasteiger partial charge in [0.2, 0.25) is 0 Å². The molecule has 1 unspecified atom stereocenters. The summed E-state index contributed by atoms with van der Waals surface area (Å²) in [4.78, 5) is 0. The van der Waals surface area contributed by atoms with Gasteiger partial charge in [-0.3, -0.25) is 0 Å². The molecule has 0 fully saturated rings. The second-order valence-electron chi connectivity index (χ2n) is 4.88. The number of rotatable bonds is 5. The molecule has 2 nitrogen and oxygen atoms in total. The summed E-state index contributed by atoms with van der Waals surface area (Å²) in [5.41, 5.74) is 0.0927. The van der Waals surface area contributed by atoms with E-state index in [1.54, 1.807) is 0 Å². The van der Waals surface area contributed by atoms with E-state index in [0.717, 1.165) is 6.42 Å². The van der Waals surface area contributed by atoms with Crippen LogP contribution >= 0.6 is 0 Å². The van der Waals surface area contributed by atoms with Gasteiger partial charge in [-0.2, -0.15) is 0 Å². The van der Waals surface area contributed by atoms with Crippen molar-refractivity contribution >= 4 is 0 Å². The van der Waals surface area contributed by atoms with Gasteiger partial charge >= 0.3 is 0 Å². The molecule has 0 rings (SSSR count). The van der Waals surface area contributed by atoms with Gasteiger partial charge in [-0.15, -0.1) is 0 Å². The van der Waals surface area contributed by atoms with Crippen molar-refractivity contribution in [2.24, 2.45) is 0 Å². The fourth-order valence-corrected chi connectivity index (χ4v) is 1.41. The standard InChI is InChI=1S/C11H25NO/c1-6-7-8-10(9(2)13)12-11(3,4)5/h9-10,12-13H,6-8H2,1-5H3/t9?,10-/m0/s1.